The molecule has 138 valence electrons. The minimum absolute atomic E-state index is 0.0783. The standard InChI is InChI=1S/C19H23N3O4/c1-25-16-8-3-2-7-15(16)18(23)20-12-13-5-4-6-14(11-13)22-19(24)17-9-10-21-26-17/h2-3,7-10,13-14H,4-6,11-12H2,1H3,(H,20,23)(H,22,24)/t13-,14+/m1/s1. The zero-order valence-electron chi connectivity index (χ0n) is 14.7. The summed E-state index contributed by atoms with van der Waals surface area (Å²) >= 11 is 0. The molecule has 1 aliphatic carbocycles. The lowest BCUT2D eigenvalue weighted by Gasteiger charge is -2.29. The number of nitrogens with zero attached hydrogens (tertiary/aromatic N) is 1. The number of benzene rings is 1. The molecule has 0 bridgehead atoms. The fourth-order valence-electron chi connectivity index (χ4n) is 3.36. The summed E-state index contributed by atoms with van der Waals surface area (Å²) in [5, 5.41) is 9.52. The summed E-state index contributed by atoms with van der Waals surface area (Å²) in [6.07, 6.45) is 5.24. The smallest absolute Gasteiger partial charge is 0.290 e. The van der Waals surface area contributed by atoms with E-state index in [9.17, 15) is 9.59 Å². The molecule has 2 atom stereocenters. The number of methoxy groups -OCH3 is 1. The summed E-state index contributed by atoms with van der Waals surface area (Å²) in [6.45, 7) is 0.575. The highest BCUT2D eigenvalue weighted by Crippen LogP contribution is 2.24. The van der Waals surface area contributed by atoms with Crippen molar-refractivity contribution in [1.29, 1.82) is 0 Å². The molecule has 0 aliphatic heterocycles. The van der Waals surface area contributed by atoms with E-state index in [1.807, 2.05) is 12.1 Å². The first-order valence-corrected chi connectivity index (χ1v) is 8.80. The average molecular weight is 357 g/mol. The van der Waals surface area contributed by atoms with Crippen LogP contribution in [0.15, 0.2) is 41.1 Å². The average Bonchev–Trinajstić information content (AvgIpc) is 3.21. The highest BCUT2D eigenvalue weighted by atomic mass is 16.5. The third-order valence-corrected chi connectivity index (χ3v) is 4.68. The normalized spacial score (nSPS) is 19.6. The predicted molar refractivity (Wildman–Crippen MR) is 95.0 cm³/mol. The Labute approximate surface area is 152 Å². The molecule has 2 aromatic rings. The first-order valence-electron chi connectivity index (χ1n) is 8.80. The molecule has 3 rings (SSSR count). The maximum absolute atomic E-state index is 12.4. The van der Waals surface area contributed by atoms with Crippen molar-refractivity contribution in [2.75, 3.05) is 13.7 Å². The Kier molecular flexibility index (Phi) is 5.88. The Morgan fingerprint density at radius 3 is 2.85 bits per heavy atom. The van der Waals surface area contributed by atoms with Crippen molar-refractivity contribution in [3.8, 4) is 5.75 Å². The van der Waals surface area contributed by atoms with Gasteiger partial charge in [-0.05, 0) is 37.3 Å². The van der Waals surface area contributed by atoms with Gasteiger partial charge in [0, 0.05) is 18.7 Å². The first-order chi connectivity index (χ1) is 12.7. The Balaban J connectivity index is 1.50. The van der Waals surface area contributed by atoms with Gasteiger partial charge in [-0.3, -0.25) is 9.59 Å². The molecule has 0 radical (unpaired) electrons. The third kappa shape index (κ3) is 4.41. The molecule has 0 saturated heterocycles. The summed E-state index contributed by atoms with van der Waals surface area (Å²) in [4.78, 5) is 24.5. The SMILES string of the molecule is COc1ccccc1C(=O)NC[C@@H]1CCC[C@H](NC(=O)c2ccno2)C1. The molecule has 1 aromatic heterocycles. The van der Waals surface area contributed by atoms with Gasteiger partial charge in [0.15, 0.2) is 0 Å². The van der Waals surface area contributed by atoms with Crippen molar-refractivity contribution < 1.29 is 18.8 Å². The Hall–Kier alpha value is -2.83. The van der Waals surface area contributed by atoms with Gasteiger partial charge in [-0.15, -0.1) is 0 Å². The van der Waals surface area contributed by atoms with Crippen molar-refractivity contribution in [1.82, 2.24) is 15.8 Å². The van der Waals surface area contributed by atoms with E-state index in [-0.39, 0.29) is 23.6 Å². The lowest BCUT2D eigenvalue weighted by molar-refractivity contribution is 0.0871. The van der Waals surface area contributed by atoms with Gasteiger partial charge in [-0.25, -0.2) is 0 Å². The van der Waals surface area contributed by atoms with E-state index < -0.39 is 0 Å². The van der Waals surface area contributed by atoms with E-state index in [0.717, 1.165) is 25.7 Å². The van der Waals surface area contributed by atoms with Gasteiger partial charge in [-0.2, -0.15) is 0 Å². The van der Waals surface area contributed by atoms with Crippen LogP contribution in [0.4, 0.5) is 0 Å². The first kappa shape index (κ1) is 18.0. The summed E-state index contributed by atoms with van der Waals surface area (Å²) in [5.41, 5.74) is 0.529. The molecule has 1 fully saturated rings. The number of carbonyl (C=O) groups is 2. The van der Waals surface area contributed by atoms with E-state index in [1.165, 1.54) is 6.20 Å². The summed E-state index contributed by atoms with van der Waals surface area (Å²) in [6, 6.07) is 8.78. The molecule has 2 amide bonds. The Bertz CT molecular complexity index is 745. The second-order valence-electron chi connectivity index (χ2n) is 6.49. The minimum atomic E-state index is -0.244. The lowest BCUT2D eigenvalue weighted by atomic mass is 9.85. The molecule has 1 heterocycles. The zero-order chi connectivity index (χ0) is 18.4. The third-order valence-electron chi connectivity index (χ3n) is 4.68. The number of carbonyl (C=O) groups excluding carboxylic acids is 2. The van der Waals surface area contributed by atoms with Crippen LogP contribution in [0, 0.1) is 5.92 Å². The summed E-state index contributed by atoms with van der Waals surface area (Å²) in [5.74, 6) is 0.714. The molecular weight excluding hydrogens is 334 g/mol. The predicted octanol–water partition coefficient (Wildman–Crippen LogP) is 2.40. The number of rotatable bonds is 6. The van der Waals surface area contributed by atoms with E-state index in [2.05, 4.69) is 15.8 Å². The van der Waals surface area contributed by atoms with Crippen LogP contribution in [0.2, 0.25) is 0 Å². The topological polar surface area (TPSA) is 93.5 Å². The van der Waals surface area contributed by atoms with Gasteiger partial charge >= 0.3 is 0 Å². The second kappa shape index (κ2) is 8.51. The number of nitrogens with one attached hydrogen (secondary N) is 2. The van der Waals surface area contributed by atoms with E-state index in [4.69, 9.17) is 9.26 Å². The largest absolute Gasteiger partial charge is 0.496 e. The molecule has 7 nitrogen and oxygen atoms in total. The number of aromatic nitrogens is 1. The number of para-hydroxylation sites is 1. The molecule has 26 heavy (non-hydrogen) atoms. The minimum Gasteiger partial charge on any atom is -0.496 e. The number of ether oxygens (including phenoxy) is 1. The van der Waals surface area contributed by atoms with Crippen molar-refractivity contribution in [3.05, 3.63) is 47.9 Å². The molecule has 2 N–H and O–H groups in total. The summed E-state index contributed by atoms with van der Waals surface area (Å²) in [7, 11) is 1.55. The van der Waals surface area contributed by atoms with Crippen LogP contribution in [-0.2, 0) is 0 Å². The van der Waals surface area contributed by atoms with E-state index in [0.29, 0.717) is 23.8 Å². The summed E-state index contributed by atoms with van der Waals surface area (Å²) < 4.78 is 10.1. The molecule has 1 aromatic carbocycles. The number of hydrogen-bond donors (Lipinski definition) is 2. The Morgan fingerprint density at radius 1 is 1.23 bits per heavy atom. The fourth-order valence-corrected chi connectivity index (χ4v) is 3.36. The number of hydrogen-bond acceptors (Lipinski definition) is 5. The Morgan fingerprint density at radius 2 is 2.08 bits per heavy atom. The fraction of sp³-hybridized carbons (Fsp3) is 0.421. The van der Waals surface area contributed by atoms with Crippen molar-refractivity contribution in [2.24, 2.45) is 5.92 Å². The van der Waals surface area contributed by atoms with Gasteiger partial charge in [0.25, 0.3) is 11.8 Å². The van der Waals surface area contributed by atoms with Crippen LogP contribution in [0.25, 0.3) is 0 Å². The van der Waals surface area contributed by atoms with Crippen molar-refractivity contribution in [3.63, 3.8) is 0 Å². The maximum atomic E-state index is 12.4. The monoisotopic (exact) mass is 357 g/mol. The second-order valence-corrected chi connectivity index (χ2v) is 6.49. The van der Waals surface area contributed by atoms with E-state index in [1.54, 1.807) is 25.3 Å². The lowest BCUT2D eigenvalue weighted by Crippen LogP contribution is -2.41. The highest BCUT2D eigenvalue weighted by molar-refractivity contribution is 5.96. The van der Waals surface area contributed by atoms with Crippen LogP contribution < -0.4 is 15.4 Å². The van der Waals surface area contributed by atoms with Gasteiger partial charge in [-0.1, -0.05) is 23.7 Å². The van der Waals surface area contributed by atoms with E-state index >= 15 is 0 Å². The van der Waals surface area contributed by atoms with Gasteiger partial charge in [0.2, 0.25) is 5.76 Å². The molecule has 0 unspecified atom stereocenters. The molecule has 7 heteroatoms. The van der Waals surface area contributed by atoms with Crippen LogP contribution in [-0.4, -0.2) is 36.7 Å². The van der Waals surface area contributed by atoms with Crippen molar-refractivity contribution >= 4 is 11.8 Å². The molecular formula is C19H23N3O4. The van der Waals surface area contributed by atoms with Crippen molar-refractivity contribution in [2.45, 2.75) is 31.7 Å². The quantitative estimate of drug-likeness (QED) is 0.828. The molecule has 1 aliphatic rings. The van der Waals surface area contributed by atoms with Crippen LogP contribution in [0.5, 0.6) is 5.75 Å². The van der Waals surface area contributed by atoms with Crippen LogP contribution >= 0.6 is 0 Å². The van der Waals surface area contributed by atoms with Crippen LogP contribution in [0.1, 0.15) is 46.6 Å². The van der Waals surface area contributed by atoms with Gasteiger partial charge < -0.3 is 19.9 Å². The molecule has 1 saturated carbocycles. The van der Waals surface area contributed by atoms with Crippen LogP contribution in [0.3, 0.4) is 0 Å². The molecule has 0 spiro atoms. The zero-order valence-corrected chi connectivity index (χ0v) is 14.7. The maximum Gasteiger partial charge on any atom is 0.290 e. The van der Waals surface area contributed by atoms with Gasteiger partial charge in [0.05, 0.1) is 18.9 Å². The number of amides is 2. The highest BCUT2D eigenvalue weighted by Gasteiger charge is 2.25. The van der Waals surface area contributed by atoms with Gasteiger partial charge in [0.1, 0.15) is 5.75 Å².